The van der Waals surface area contributed by atoms with Gasteiger partial charge in [0.1, 0.15) is 5.75 Å². The van der Waals surface area contributed by atoms with Crippen LogP contribution in [0.4, 0.5) is 5.69 Å². The first-order valence-electron chi connectivity index (χ1n) is 11.2. The number of benzene rings is 1. The number of amides is 1. The molecule has 7 nitrogen and oxygen atoms in total. The van der Waals surface area contributed by atoms with Crippen molar-refractivity contribution in [2.75, 3.05) is 12.4 Å². The van der Waals surface area contributed by atoms with Gasteiger partial charge in [-0.3, -0.25) is 4.79 Å². The first kappa shape index (κ1) is 21.2. The van der Waals surface area contributed by atoms with Crippen LogP contribution in [0, 0.1) is 0 Å². The van der Waals surface area contributed by atoms with Gasteiger partial charge >= 0.3 is 0 Å². The SMILES string of the molecule is CCn1ncc2c(NC3CCCCC3)c(C(=O)N[C@H](C)c3ccc(OC)cc3)cnc21. The van der Waals surface area contributed by atoms with Crippen LogP contribution < -0.4 is 15.4 Å². The Bertz CT molecular complexity index is 1040. The molecule has 2 aromatic heterocycles. The van der Waals surface area contributed by atoms with Gasteiger partial charge in [-0.25, -0.2) is 9.67 Å². The molecule has 4 rings (SSSR count). The van der Waals surface area contributed by atoms with Crippen molar-refractivity contribution in [3.05, 3.63) is 47.8 Å². The summed E-state index contributed by atoms with van der Waals surface area (Å²) in [6.07, 6.45) is 9.46. The highest BCUT2D eigenvalue weighted by atomic mass is 16.5. The fourth-order valence-electron chi connectivity index (χ4n) is 4.29. The summed E-state index contributed by atoms with van der Waals surface area (Å²) in [6, 6.07) is 7.97. The Balaban J connectivity index is 1.62. The van der Waals surface area contributed by atoms with E-state index in [-0.39, 0.29) is 11.9 Å². The van der Waals surface area contributed by atoms with Gasteiger partial charge < -0.3 is 15.4 Å². The predicted molar refractivity (Wildman–Crippen MR) is 123 cm³/mol. The van der Waals surface area contributed by atoms with Crippen LogP contribution in [0.3, 0.4) is 0 Å². The van der Waals surface area contributed by atoms with Crippen molar-refractivity contribution >= 4 is 22.6 Å². The van der Waals surface area contributed by atoms with E-state index in [1.807, 2.05) is 49.0 Å². The zero-order valence-electron chi connectivity index (χ0n) is 18.5. The number of anilines is 1. The van der Waals surface area contributed by atoms with E-state index in [0.29, 0.717) is 11.6 Å². The minimum Gasteiger partial charge on any atom is -0.497 e. The van der Waals surface area contributed by atoms with Crippen LogP contribution >= 0.6 is 0 Å². The summed E-state index contributed by atoms with van der Waals surface area (Å²) in [6.45, 7) is 4.76. The molecule has 3 aromatic rings. The maximum atomic E-state index is 13.3. The van der Waals surface area contributed by atoms with E-state index < -0.39 is 0 Å². The Morgan fingerprint density at radius 3 is 2.61 bits per heavy atom. The fourth-order valence-corrected chi connectivity index (χ4v) is 4.29. The minimum atomic E-state index is -0.144. The Kier molecular flexibility index (Phi) is 6.39. The van der Waals surface area contributed by atoms with E-state index >= 15 is 0 Å². The van der Waals surface area contributed by atoms with Gasteiger partial charge in [-0.15, -0.1) is 0 Å². The van der Waals surface area contributed by atoms with Crippen molar-refractivity contribution in [2.45, 2.75) is 64.6 Å². The number of nitrogens with one attached hydrogen (secondary N) is 2. The first-order chi connectivity index (χ1) is 15.1. The van der Waals surface area contributed by atoms with Crippen molar-refractivity contribution in [3.8, 4) is 5.75 Å². The average molecular weight is 422 g/mol. The Morgan fingerprint density at radius 2 is 1.94 bits per heavy atom. The molecular formula is C24H31N5O2. The lowest BCUT2D eigenvalue weighted by atomic mass is 9.95. The molecule has 0 bridgehead atoms. The molecule has 1 amide bonds. The van der Waals surface area contributed by atoms with Crippen LogP contribution in [0.1, 0.15) is 67.9 Å². The van der Waals surface area contributed by atoms with Crippen molar-refractivity contribution in [1.82, 2.24) is 20.1 Å². The van der Waals surface area contributed by atoms with Gasteiger partial charge in [0, 0.05) is 18.8 Å². The molecule has 1 saturated carbocycles. The molecule has 0 radical (unpaired) electrons. The molecule has 1 aliphatic rings. The van der Waals surface area contributed by atoms with Crippen LogP contribution in [-0.4, -0.2) is 33.8 Å². The number of carbonyl (C=O) groups is 1. The van der Waals surface area contributed by atoms with Gasteiger partial charge in [0.15, 0.2) is 5.65 Å². The average Bonchev–Trinajstić information content (AvgIpc) is 3.23. The molecule has 0 aliphatic heterocycles. The topological polar surface area (TPSA) is 81.1 Å². The van der Waals surface area contributed by atoms with E-state index in [1.165, 1.54) is 19.3 Å². The van der Waals surface area contributed by atoms with Crippen molar-refractivity contribution in [3.63, 3.8) is 0 Å². The standard InChI is InChI=1S/C24H31N5O2/c1-4-29-23-20(15-26-29)22(28-18-8-6-5-7-9-18)21(14-25-23)24(30)27-16(2)17-10-12-19(31-3)13-11-17/h10-16,18H,4-9H2,1-3H3,(H,25,28)(H,27,30)/t16-/m1/s1. The molecule has 0 saturated heterocycles. The van der Waals surface area contributed by atoms with Crippen LogP contribution in [0.15, 0.2) is 36.7 Å². The van der Waals surface area contributed by atoms with Crippen LogP contribution in [0.5, 0.6) is 5.75 Å². The molecule has 31 heavy (non-hydrogen) atoms. The molecular weight excluding hydrogens is 390 g/mol. The summed E-state index contributed by atoms with van der Waals surface area (Å²) in [7, 11) is 1.64. The number of aromatic nitrogens is 3. The molecule has 0 unspecified atom stereocenters. The lowest BCUT2D eigenvalue weighted by Gasteiger charge is -2.25. The van der Waals surface area contributed by atoms with E-state index in [2.05, 4.69) is 20.7 Å². The summed E-state index contributed by atoms with van der Waals surface area (Å²) in [5.41, 5.74) is 3.23. The number of methoxy groups -OCH3 is 1. The second-order valence-corrected chi connectivity index (χ2v) is 8.19. The Morgan fingerprint density at radius 1 is 1.19 bits per heavy atom. The molecule has 0 spiro atoms. The first-order valence-corrected chi connectivity index (χ1v) is 11.2. The highest BCUT2D eigenvalue weighted by molar-refractivity contribution is 6.06. The van der Waals surface area contributed by atoms with Gasteiger partial charge in [-0.2, -0.15) is 5.10 Å². The van der Waals surface area contributed by atoms with Gasteiger partial charge in [-0.1, -0.05) is 31.4 Å². The molecule has 1 atom stereocenters. The number of hydrogen-bond acceptors (Lipinski definition) is 5. The number of ether oxygens (including phenoxy) is 1. The molecule has 1 aliphatic carbocycles. The molecule has 2 heterocycles. The highest BCUT2D eigenvalue weighted by Crippen LogP contribution is 2.30. The van der Waals surface area contributed by atoms with E-state index in [1.54, 1.807) is 13.3 Å². The number of rotatable bonds is 7. The Hall–Kier alpha value is -3.09. The predicted octanol–water partition coefficient (Wildman–Crippen LogP) is 4.70. The third-order valence-electron chi connectivity index (χ3n) is 6.13. The third kappa shape index (κ3) is 4.50. The zero-order chi connectivity index (χ0) is 21.8. The second kappa shape index (κ2) is 9.37. The zero-order valence-corrected chi connectivity index (χ0v) is 18.5. The lowest BCUT2D eigenvalue weighted by molar-refractivity contribution is 0.0940. The number of carbonyl (C=O) groups excluding carboxylic acids is 1. The number of hydrogen-bond donors (Lipinski definition) is 2. The van der Waals surface area contributed by atoms with Crippen molar-refractivity contribution in [2.24, 2.45) is 0 Å². The molecule has 164 valence electrons. The quantitative estimate of drug-likeness (QED) is 0.578. The van der Waals surface area contributed by atoms with Crippen LogP contribution in [-0.2, 0) is 6.54 Å². The van der Waals surface area contributed by atoms with Crippen molar-refractivity contribution < 1.29 is 9.53 Å². The summed E-state index contributed by atoms with van der Waals surface area (Å²) in [4.78, 5) is 17.9. The minimum absolute atomic E-state index is 0.139. The Labute approximate surface area is 183 Å². The summed E-state index contributed by atoms with van der Waals surface area (Å²) in [5, 5.41) is 12.2. The third-order valence-corrected chi connectivity index (χ3v) is 6.13. The fraction of sp³-hybridized carbons (Fsp3) is 0.458. The molecule has 7 heteroatoms. The van der Waals surface area contributed by atoms with Gasteiger partial charge in [0.2, 0.25) is 0 Å². The van der Waals surface area contributed by atoms with E-state index in [0.717, 1.165) is 47.4 Å². The number of fused-ring (bicyclic) bond motifs is 1. The van der Waals surface area contributed by atoms with Gasteiger partial charge in [0.25, 0.3) is 5.91 Å². The molecule has 2 N–H and O–H groups in total. The second-order valence-electron chi connectivity index (χ2n) is 8.19. The van der Waals surface area contributed by atoms with Crippen LogP contribution in [0.25, 0.3) is 11.0 Å². The summed E-state index contributed by atoms with van der Waals surface area (Å²) >= 11 is 0. The largest absolute Gasteiger partial charge is 0.497 e. The summed E-state index contributed by atoms with van der Waals surface area (Å²) < 4.78 is 7.09. The molecule has 1 aromatic carbocycles. The van der Waals surface area contributed by atoms with Gasteiger partial charge in [-0.05, 0) is 44.4 Å². The smallest absolute Gasteiger partial charge is 0.255 e. The monoisotopic (exact) mass is 421 g/mol. The maximum Gasteiger partial charge on any atom is 0.255 e. The lowest BCUT2D eigenvalue weighted by Crippen LogP contribution is -2.29. The highest BCUT2D eigenvalue weighted by Gasteiger charge is 2.23. The van der Waals surface area contributed by atoms with E-state index in [4.69, 9.17) is 4.74 Å². The summed E-state index contributed by atoms with van der Waals surface area (Å²) in [5.74, 6) is 0.657. The van der Waals surface area contributed by atoms with Crippen LogP contribution in [0.2, 0.25) is 0 Å². The maximum absolute atomic E-state index is 13.3. The number of nitrogens with zero attached hydrogens (tertiary/aromatic N) is 3. The normalized spacial score (nSPS) is 15.6. The molecule has 1 fully saturated rings. The van der Waals surface area contributed by atoms with Gasteiger partial charge in [0.05, 0.1) is 36.0 Å². The van der Waals surface area contributed by atoms with E-state index in [9.17, 15) is 4.79 Å². The van der Waals surface area contributed by atoms with Crippen molar-refractivity contribution in [1.29, 1.82) is 0 Å². The number of aryl methyl sites for hydroxylation is 1. The number of pyridine rings is 1.